The van der Waals surface area contributed by atoms with E-state index in [2.05, 4.69) is 29.3 Å². The van der Waals surface area contributed by atoms with Gasteiger partial charge in [-0.3, -0.25) is 4.79 Å². The molecule has 0 spiro atoms. The molecule has 6 nitrogen and oxygen atoms in total. The summed E-state index contributed by atoms with van der Waals surface area (Å²) < 4.78 is 25.5. The van der Waals surface area contributed by atoms with Gasteiger partial charge in [0.2, 0.25) is 15.9 Å². The Bertz CT molecular complexity index is 972. The molecule has 1 aliphatic rings. The second kappa shape index (κ2) is 10.3. The Balaban J connectivity index is 1.54. The third-order valence-electron chi connectivity index (χ3n) is 5.72. The lowest BCUT2D eigenvalue weighted by molar-refractivity contribution is -0.121. The first kappa shape index (κ1) is 23.3. The number of amides is 1. The lowest BCUT2D eigenvalue weighted by Crippen LogP contribution is -2.39. The molecule has 0 saturated carbocycles. The molecule has 1 N–H and O–H groups in total. The van der Waals surface area contributed by atoms with Crippen LogP contribution in [-0.2, 0) is 27.9 Å². The number of aryl methyl sites for hydroxylation is 1. The van der Waals surface area contributed by atoms with Crippen LogP contribution in [0.5, 0.6) is 0 Å². The van der Waals surface area contributed by atoms with Gasteiger partial charge in [-0.2, -0.15) is 4.31 Å². The molecule has 1 amide bonds. The summed E-state index contributed by atoms with van der Waals surface area (Å²) in [6.07, 6.45) is 3.64. The van der Waals surface area contributed by atoms with Crippen molar-refractivity contribution >= 4 is 21.6 Å². The number of hydrogen-bond donors (Lipinski definition) is 1. The highest BCUT2D eigenvalue weighted by atomic mass is 32.2. The molecule has 2 aromatic carbocycles. The molecule has 2 aromatic rings. The summed E-state index contributed by atoms with van der Waals surface area (Å²) in [7, 11) is -3.51. The molecular formula is C24H33N3O3S. The second-order valence-electron chi connectivity index (χ2n) is 8.65. The number of nitrogens with zero attached hydrogens (tertiary/aromatic N) is 2. The Morgan fingerprint density at radius 2 is 1.74 bits per heavy atom. The highest BCUT2D eigenvalue weighted by molar-refractivity contribution is 7.88. The van der Waals surface area contributed by atoms with Crippen molar-refractivity contribution in [3.8, 4) is 0 Å². The summed E-state index contributed by atoms with van der Waals surface area (Å²) in [5.74, 6) is 0.400. The van der Waals surface area contributed by atoms with Gasteiger partial charge in [0, 0.05) is 31.9 Å². The fraction of sp³-hybridized carbons (Fsp3) is 0.458. The predicted molar refractivity (Wildman–Crippen MR) is 125 cm³/mol. The van der Waals surface area contributed by atoms with Gasteiger partial charge in [0.1, 0.15) is 0 Å². The first-order valence-electron chi connectivity index (χ1n) is 10.8. The first-order chi connectivity index (χ1) is 14.7. The molecule has 1 atom stereocenters. The maximum absolute atomic E-state index is 12.4. The van der Waals surface area contributed by atoms with Crippen molar-refractivity contribution in [2.75, 3.05) is 30.8 Å². The Morgan fingerprint density at radius 3 is 2.35 bits per heavy atom. The molecule has 1 aliphatic heterocycles. The molecule has 3 rings (SSSR count). The monoisotopic (exact) mass is 443 g/mol. The van der Waals surface area contributed by atoms with Gasteiger partial charge in [-0.1, -0.05) is 48.9 Å². The summed E-state index contributed by atoms with van der Waals surface area (Å²) in [5, 5.41) is 2.84. The predicted octanol–water partition coefficient (Wildman–Crippen LogP) is 3.31. The van der Waals surface area contributed by atoms with E-state index in [1.807, 2.05) is 43.3 Å². The summed E-state index contributed by atoms with van der Waals surface area (Å²) >= 11 is 0. The molecule has 31 heavy (non-hydrogen) atoms. The summed E-state index contributed by atoms with van der Waals surface area (Å²) in [6, 6.07) is 15.9. The van der Waals surface area contributed by atoms with Crippen LogP contribution in [0.1, 0.15) is 36.5 Å². The Hall–Kier alpha value is -2.38. The van der Waals surface area contributed by atoms with E-state index < -0.39 is 10.0 Å². The molecule has 0 radical (unpaired) electrons. The zero-order chi connectivity index (χ0) is 22.4. The number of benzene rings is 2. The van der Waals surface area contributed by atoms with E-state index in [1.54, 1.807) is 0 Å². The lowest BCUT2D eigenvalue weighted by atomic mass is 9.99. The van der Waals surface area contributed by atoms with Crippen LogP contribution in [0.4, 0.5) is 5.69 Å². The standard InChI is InChI=1S/C24H33N3O3S/c1-19-6-8-22(9-7-19)17-27(31(3,29)30)18-24(28)25-15-21-10-12-23(13-11-21)26-14-4-5-20(2)16-26/h6-13,20H,4-5,14-18H2,1-3H3,(H,25,28)/t20-/m1/s1. The minimum Gasteiger partial charge on any atom is -0.371 e. The maximum atomic E-state index is 12.4. The zero-order valence-electron chi connectivity index (χ0n) is 18.7. The average molecular weight is 444 g/mol. The van der Waals surface area contributed by atoms with Gasteiger partial charge in [-0.15, -0.1) is 0 Å². The number of nitrogens with one attached hydrogen (secondary N) is 1. The molecule has 0 unspecified atom stereocenters. The molecule has 1 saturated heterocycles. The lowest BCUT2D eigenvalue weighted by Gasteiger charge is -2.32. The average Bonchev–Trinajstić information content (AvgIpc) is 2.73. The van der Waals surface area contributed by atoms with E-state index in [1.165, 1.54) is 22.8 Å². The van der Waals surface area contributed by atoms with Crippen molar-refractivity contribution in [1.82, 2.24) is 9.62 Å². The van der Waals surface area contributed by atoms with Gasteiger partial charge in [-0.05, 0) is 48.9 Å². The molecule has 1 heterocycles. The molecule has 0 aliphatic carbocycles. The Labute approximate surface area is 186 Å². The molecule has 0 aromatic heterocycles. The number of hydrogen-bond acceptors (Lipinski definition) is 4. The quantitative estimate of drug-likeness (QED) is 0.680. The Morgan fingerprint density at radius 1 is 1.10 bits per heavy atom. The van der Waals surface area contributed by atoms with Crippen LogP contribution in [-0.4, -0.2) is 44.5 Å². The summed E-state index contributed by atoms with van der Waals surface area (Å²) in [5.41, 5.74) is 4.16. The van der Waals surface area contributed by atoms with Gasteiger partial charge in [0.25, 0.3) is 0 Å². The van der Waals surface area contributed by atoms with Crippen LogP contribution in [0.25, 0.3) is 0 Å². The second-order valence-corrected chi connectivity index (χ2v) is 10.6. The minimum absolute atomic E-state index is 0.176. The van der Waals surface area contributed by atoms with Crippen LogP contribution in [0.3, 0.4) is 0 Å². The van der Waals surface area contributed by atoms with E-state index in [0.29, 0.717) is 12.5 Å². The summed E-state index contributed by atoms with van der Waals surface area (Å²) in [4.78, 5) is 14.9. The van der Waals surface area contributed by atoms with Gasteiger partial charge in [0.05, 0.1) is 12.8 Å². The van der Waals surface area contributed by atoms with Crippen molar-refractivity contribution in [3.63, 3.8) is 0 Å². The minimum atomic E-state index is -3.51. The first-order valence-corrected chi connectivity index (χ1v) is 12.7. The van der Waals surface area contributed by atoms with E-state index in [-0.39, 0.29) is 19.0 Å². The number of rotatable bonds is 8. The number of carbonyl (C=O) groups excluding carboxylic acids is 1. The smallest absolute Gasteiger partial charge is 0.235 e. The number of carbonyl (C=O) groups is 1. The van der Waals surface area contributed by atoms with E-state index >= 15 is 0 Å². The molecule has 7 heteroatoms. The highest BCUT2D eigenvalue weighted by Crippen LogP contribution is 2.23. The van der Waals surface area contributed by atoms with Crippen LogP contribution < -0.4 is 10.2 Å². The van der Waals surface area contributed by atoms with Crippen molar-refractivity contribution < 1.29 is 13.2 Å². The summed E-state index contributed by atoms with van der Waals surface area (Å²) in [6.45, 7) is 6.78. The fourth-order valence-electron chi connectivity index (χ4n) is 3.85. The molecule has 0 bridgehead atoms. The zero-order valence-corrected chi connectivity index (χ0v) is 19.5. The van der Waals surface area contributed by atoms with E-state index in [0.717, 1.165) is 36.0 Å². The van der Waals surface area contributed by atoms with E-state index in [9.17, 15) is 13.2 Å². The van der Waals surface area contributed by atoms with Crippen molar-refractivity contribution in [2.45, 2.75) is 39.8 Å². The topological polar surface area (TPSA) is 69.7 Å². The van der Waals surface area contributed by atoms with Crippen molar-refractivity contribution in [3.05, 3.63) is 65.2 Å². The normalized spacial score (nSPS) is 17.0. The third kappa shape index (κ3) is 7.08. The molecule has 168 valence electrons. The number of anilines is 1. The SMILES string of the molecule is Cc1ccc(CN(CC(=O)NCc2ccc(N3CCC[C@@H](C)C3)cc2)S(C)(=O)=O)cc1. The number of piperidine rings is 1. The maximum Gasteiger partial charge on any atom is 0.235 e. The van der Waals surface area contributed by atoms with Gasteiger partial charge in [0.15, 0.2) is 0 Å². The highest BCUT2D eigenvalue weighted by Gasteiger charge is 2.20. The van der Waals surface area contributed by atoms with Crippen LogP contribution >= 0.6 is 0 Å². The van der Waals surface area contributed by atoms with Crippen molar-refractivity contribution in [2.24, 2.45) is 5.92 Å². The van der Waals surface area contributed by atoms with Gasteiger partial charge < -0.3 is 10.2 Å². The van der Waals surface area contributed by atoms with Crippen LogP contribution in [0.15, 0.2) is 48.5 Å². The fourth-order valence-corrected chi connectivity index (χ4v) is 4.59. The molecular weight excluding hydrogens is 410 g/mol. The Kier molecular flexibility index (Phi) is 7.73. The van der Waals surface area contributed by atoms with Crippen LogP contribution in [0.2, 0.25) is 0 Å². The van der Waals surface area contributed by atoms with Gasteiger partial charge >= 0.3 is 0 Å². The van der Waals surface area contributed by atoms with Crippen LogP contribution in [0, 0.1) is 12.8 Å². The molecule has 1 fully saturated rings. The van der Waals surface area contributed by atoms with Gasteiger partial charge in [-0.25, -0.2) is 8.42 Å². The van der Waals surface area contributed by atoms with Crippen molar-refractivity contribution in [1.29, 1.82) is 0 Å². The number of sulfonamides is 1. The van der Waals surface area contributed by atoms with E-state index in [4.69, 9.17) is 0 Å². The third-order valence-corrected chi connectivity index (χ3v) is 6.91. The largest absolute Gasteiger partial charge is 0.371 e.